The summed E-state index contributed by atoms with van der Waals surface area (Å²) in [5.41, 5.74) is 2.61. The van der Waals surface area contributed by atoms with Crippen LogP contribution in [0, 0.1) is 11.3 Å². The fourth-order valence-corrected chi connectivity index (χ4v) is 3.09. The molecule has 2 rings (SSSR count). The molecule has 0 saturated heterocycles. The number of benzene rings is 2. The van der Waals surface area contributed by atoms with Gasteiger partial charge in [-0.2, -0.15) is 5.26 Å². The Bertz CT molecular complexity index is 793. The van der Waals surface area contributed by atoms with Crippen molar-refractivity contribution in [2.24, 2.45) is 4.99 Å². The third-order valence-corrected chi connectivity index (χ3v) is 5.28. The molecule has 1 atom stereocenters. The summed E-state index contributed by atoms with van der Waals surface area (Å²) in [6.07, 6.45) is 1.91. The summed E-state index contributed by atoms with van der Waals surface area (Å²) in [7, 11) is -0.603. The quantitative estimate of drug-likeness (QED) is 0.495. The Morgan fingerprint density at radius 3 is 2.00 bits per heavy atom. The molecule has 2 aromatic rings. The molecule has 2 aromatic carbocycles. The van der Waals surface area contributed by atoms with E-state index in [0.717, 1.165) is 16.8 Å². The van der Waals surface area contributed by atoms with Gasteiger partial charge in [0.15, 0.2) is 0 Å². The van der Waals surface area contributed by atoms with Gasteiger partial charge in [0, 0.05) is 37.6 Å². The normalized spacial score (nSPS) is 12.5. The highest BCUT2D eigenvalue weighted by atomic mass is 31.2. The van der Waals surface area contributed by atoms with E-state index in [-0.39, 0.29) is 0 Å². The largest absolute Gasteiger partial charge is 0.353 e. The Morgan fingerprint density at radius 2 is 1.58 bits per heavy atom. The first-order valence-electron chi connectivity index (χ1n) is 8.09. The van der Waals surface area contributed by atoms with Gasteiger partial charge >= 0.3 is 7.60 Å². The monoisotopic (exact) mass is 368 g/mol. The number of aliphatic imine (C=N–C) groups is 1. The van der Waals surface area contributed by atoms with Gasteiger partial charge in [0.1, 0.15) is 6.04 Å². The summed E-state index contributed by atoms with van der Waals surface area (Å²) >= 11 is 0. The van der Waals surface area contributed by atoms with Gasteiger partial charge < -0.3 is 9.05 Å². The lowest BCUT2D eigenvalue weighted by Crippen LogP contribution is -2.09. The van der Waals surface area contributed by atoms with Crippen molar-refractivity contribution < 1.29 is 13.6 Å². The van der Waals surface area contributed by atoms with Gasteiger partial charge in [0.2, 0.25) is 0 Å². The molecule has 0 N–H and O–H groups in total. The Balaban J connectivity index is 2.31. The molecule has 0 unspecified atom stereocenters. The first-order chi connectivity index (χ1) is 12.6. The molecule has 0 aromatic heterocycles. The van der Waals surface area contributed by atoms with Crippen LogP contribution in [0.25, 0.3) is 0 Å². The molecule has 0 bridgehead atoms. The molecule has 0 aliphatic rings. The molecule has 0 saturated carbocycles. The van der Waals surface area contributed by atoms with Crippen molar-refractivity contribution in [2.75, 3.05) is 14.2 Å². The van der Waals surface area contributed by atoms with E-state index in [4.69, 9.17) is 9.05 Å². The van der Waals surface area contributed by atoms with E-state index < -0.39 is 13.6 Å². The van der Waals surface area contributed by atoms with Crippen molar-refractivity contribution in [3.8, 4) is 6.07 Å². The minimum atomic E-state index is -3.24. The predicted molar refractivity (Wildman–Crippen MR) is 103 cm³/mol. The zero-order chi connectivity index (χ0) is 18.8. The second-order valence-electron chi connectivity index (χ2n) is 5.38. The fourth-order valence-electron chi connectivity index (χ4n) is 2.31. The summed E-state index contributed by atoms with van der Waals surface area (Å²) in [5.74, 6) is 1.36. The van der Waals surface area contributed by atoms with Gasteiger partial charge in [-0.15, -0.1) is 0 Å². The minimum absolute atomic E-state index is 0.302. The summed E-state index contributed by atoms with van der Waals surface area (Å²) < 4.78 is 21.7. The second kappa shape index (κ2) is 9.84. The molecule has 0 heterocycles. The molecule has 6 heteroatoms. The van der Waals surface area contributed by atoms with E-state index in [2.05, 4.69) is 11.1 Å². The summed E-state index contributed by atoms with van der Waals surface area (Å²) in [4.78, 5) is 4.64. The lowest BCUT2D eigenvalue weighted by Gasteiger charge is -2.10. The van der Waals surface area contributed by atoms with Crippen LogP contribution in [0.15, 0.2) is 77.5 Å². The highest BCUT2D eigenvalue weighted by Gasteiger charge is 2.16. The average Bonchev–Trinajstić information content (AvgIpc) is 2.71. The molecule has 5 nitrogen and oxygen atoms in total. The van der Waals surface area contributed by atoms with Crippen molar-refractivity contribution in [2.45, 2.75) is 12.5 Å². The van der Waals surface area contributed by atoms with Crippen LogP contribution in [0.5, 0.6) is 0 Å². The second-order valence-corrected chi connectivity index (χ2v) is 7.49. The average molecular weight is 368 g/mol. The Kier molecular flexibility index (Phi) is 7.50. The zero-order valence-corrected chi connectivity index (χ0v) is 15.7. The van der Waals surface area contributed by atoms with Crippen molar-refractivity contribution >= 4 is 13.3 Å². The van der Waals surface area contributed by atoms with Gasteiger partial charge in [-0.05, 0) is 0 Å². The smallest absolute Gasteiger partial charge is 0.309 e. The number of nitrogens with zero attached hydrogens (tertiary/aromatic N) is 2. The van der Waals surface area contributed by atoms with Crippen molar-refractivity contribution in [3.63, 3.8) is 0 Å². The molecule has 0 aliphatic heterocycles. The van der Waals surface area contributed by atoms with E-state index in [0.29, 0.717) is 6.42 Å². The number of nitriles is 1. The maximum Gasteiger partial charge on any atom is 0.353 e. The van der Waals surface area contributed by atoms with Crippen molar-refractivity contribution in [1.29, 1.82) is 5.26 Å². The standard InChI is InChI=1S/C20H21N2O3P/c1-24-26(23,25-2)15-9-14-19(16-21)22-20(17-10-5-3-6-11-17)18-12-7-4-8-13-18/h3-13,15,19H,14H2,1-2H3/b15-9+/t19-/m0/s1. The maximum absolute atomic E-state index is 12.0. The molecular weight excluding hydrogens is 347 g/mol. The Hall–Kier alpha value is -2.51. The molecule has 0 spiro atoms. The van der Waals surface area contributed by atoms with Crippen LogP contribution < -0.4 is 0 Å². The molecule has 26 heavy (non-hydrogen) atoms. The van der Waals surface area contributed by atoms with Crippen molar-refractivity contribution in [1.82, 2.24) is 0 Å². The third-order valence-electron chi connectivity index (χ3n) is 3.68. The van der Waals surface area contributed by atoms with Crippen LogP contribution in [-0.2, 0) is 13.6 Å². The highest BCUT2D eigenvalue weighted by molar-refractivity contribution is 7.57. The Morgan fingerprint density at radius 1 is 1.08 bits per heavy atom. The van der Waals surface area contributed by atoms with Crippen LogP contribution in [-0.4, -0.2) is 26.0 Å². The lowest BCUT2D eigenvalue weighted by atomic mass is 10.0. The van der Waals surface area contributed by atoms with Crippen LogP contribution in [0.3, 0.4) is 0 Å². The molecule has 0 radical (unpaired) electrons. The molecule has 0 aliphatic carbocycles. The zero-order valence-electron chi connectivity index (χ0n) is 14.8. The summed E-state index contributed by atoms with van der Waals surface area (Å²) in [5, 5.41) is 9.49. The van der Waals surface area contributed by atoms with E-state index in [1.165, 1.54) is 20.0 Å². The van der Waals surface area contributed by atoms with Gasteiger partial charge in [-0.25, -0.2) is 0 Å². The molecule has 0 fully saturated rings. The molecule has 0 amide bonds. The van der Waals surface area contributed by atoms with Gasteiger partial charge in [-0.1, -0.05) is 66.7 Å². The van der Waals surface area contributed by atoms with Gasteiger partial charge in [0.05, 0.1) is 11.8 Å². The SMILES string of the molecule is COP(=O)(/C=C/C[C@@H](C#N)N=C(c1ccccc1)c1ccccc1)OC. The van der Waals surface area contributed by atoms with Crippen LogP contribution in [0.1, 0.15) is 17.5 Å². The van der Waals surface area contributed by atoms with E-state index in [9.17, 15) is 9.83 Å². The number of hydrogen-bond acceptors (Lipinski definition) is 5. The topological polar surface area (TPSA) is 71.7 Å². The van der Waals surface area contributed by atoms with Crippen molar-refractivity contribution in [3.05, 3.63) is 83.7 Å². The highest BCUT2D eigenvalue weighted by Crippen LogP contribution is 2.47. The number of rotatable bonds is 8. The van der Waals surface area contributed by atoms with E-state index in [1.54, 1.807) is 6.08 Å². The van der Waals surface area contributed by atoms with Gasteiger partial charge in [0.25, 0.3) is 0 Å². The van der Waals surface area contributed by atoms with E-state index >= 15 is 0 Å². The molecular formula is C20H21N2O3P. The third kappa shape index (κ3) is 5.50. The van der Waals surface area contributed by atoms with Gasteiger partial charge in [-0.3, -0.25) is 9.56 Å². The first-order valence-corrected chi connectivity index (χ1v) is 9.70. The van der Waals surface area contributed by atoms with Crippen LogP contribution in [0.2, 0.25) is 0 Å². The van der Waals surface area contributed by atoms with Crippen LogP contribution >= 0.6 is 7.60 Å². The number of hydrogen-bond donors (Lipinski definition) is 0. The summed E-state index contributed by atoms with van der Waals surface area (Å²) in [6.45, 7) is 0. The Labute approximate surface area is 154 Å². The maximum atomic E-state index is 12.0. The molecule has 134 valence electrons. The van der Waals surface area contributed by atoms with Crippen LogP contribution in [0.4, 0.5) is 0 Å². The fraction of sp³-hybridized carbons (Fsp3) is 0.200. The lowest BCUT2D eigenvalue weighted by molar-refractivity contribution is 0.286. The first kappa shape index (κ1) is 19.8. The van der Waals surface area contributed by atoms with E-state index in [1.807, 2.05) is 60.7 Å². The predicted octanol–water partition coefficient (Wildman–Crippen LogP) is 4.81. The minimum Gasteiger partial charge on any atom is -0.309 e. The summed E-state index contributed by atoms with van der Waals surface area (Å²) in [6, 6.07) is 21.0.